The number of halogens is 2. The lowest BCUT2D eigenvalue weighted by Crippen LogP contribution is -2.47. The molecule has 0 bridgehead atoms. The molecule has 7 nitrogen and oxygen atoms in total. The molecule has 2 aromatic heterocycles. The van der Waals surface area contributed by atoms with Gasteiger partial charge in [-0.25, -0.2) is 0 Å². The minimum atomic E-state index is -3.27. The molecule has 1 N–H and O–H groups in total. The van der Waals surface area contributed by atoms with Crippen molar-refractivity contribution in [2.45, 2.75) is 31.6 Å². The molecule has 3 aromatic rings. The Balaban J connectivity index is 1.09. The number of benzene rings is 1. The van der Waals surface area contributed by atoms with Gasteiger partial charge in [-0.2, -0.15) is 13.8 Å². The van der Waals surface area contributed by atoms with Crippen molar-refractivity contribution in [2.24, 2.45) is 0 Å². The van der Waals surface area contributed by atoms with Gasteiger partial charge in [-0.15, -0.1) is 0 Å². The van der Waals surface area contributed by atoms with Crippen LogP contribution in [0.1, 0.15) is 35.2 Å². The smallest absolute Gasteiger partial charge is 0.310 e. The van der Waals surface area contributed by atoms with Crippen molar-refractivity contribution in [2.75, 3.05) is 44.2 Å². The minimum Gasteiger partial charge on any atom is -0.478 e. The van der Waals surface area contributed by atoms with E-state index in [0.29, 0.717) is 36.9 Å². The Morgan fingerprint density at radius 1 is 1.00 bits per heavy atom. The van der Waals surface area contributed by atoms with Gasteiger partial charge in [0.2, 0.25) is 17.2 Å². The molecule has 0 atom stereocenters. The first-order chi connectivity index (χ1) is 16.9. The topological polar surface area (TPSA) is 78.5 Å². The number of hydrogen-bond donors (Lipinski definition) is 1. The van der Waals surface area contributed by atoms with Gasteiger partial charge in [0, 0.05) is 55.8 Å². The third-order valence-electron chi connectivity index (χ3n) is 6.78. The predicted molar refractivity (Wildman–Crippen MR) is 130 cm³/mol. The Morgan fingerprint density at radius 2 is 1.80 bits per heavy atom. The molecule has 2 aliphatic rings. The number of H-pyrrole nitrogens is 1. The standard InChI is InChI=1S/C26H28F2N4O3/c27-26(28)11-10-18-4-3-5-20(23(18)24(26)34)32-15-13-31(14-16-32)12-1-2-17-35-22-9-7-19-6-8-21(33)29-25(19)30-22/h3-9H,1-2,10-17H2,(H,29,30,33). The van der Waals surface area contributed by atoms with E-state index in [-0.39, 0.29) is 17.5 Å². The molecular formula is C26H28F2N4O3. The summed E-state index contributed by atoms with van der Waals surface area (Å²) in [6.07, 6.45) is 1.64. The summed E-state index contributed by atoms with van der Waals surface area (Å²) in [5.74, 6) is -3.82. The van der Waals surface area contributed by atoms with E-state index in [1.165, 1.54) is 6.07 Å². The summed E-state index contributed by atoms with van der Waals surface area (Å²) in [5, 5.41) is 0.852. The Kier molecular flexibility index (Phi) is 6.51. The first-order valence-corrected chi connectivity index (χ1v) is 12.1. The molecule has 1 saturated heterocycles. The average Bonchev–Trinajstić information content (AvgIpc) is 2.86. The number of carbonyl (C=O) groups is 1. The number of aromatic amines is 1. The molecule has 5 rings (SSSR count). The van der Waals surface area contributed by atoms with Crippen molar-refractivity contribution in [1.29, 1.82) is 0 Å². The molecule has 9 heteroatoms. The fourth-order valence-corrected chi connectivity index (χ4v) is 4.83. The van der Waals surface area contributed by atoms with Gasteiger partial charge in [-0.1, -0.05) is 12.1 Å². The van der Waals surface area contributed by atoms with Gasteiger partial charge >= 0.3 is 5.92 Å². The lowest BCUT2D eigenvalue weighted by atomic mass is 9.86. The number of alkyl halides is 2. The number of anilines is 1. The maximum absolute atomic E-state index is 14.1. The molecule has 1 fully saturated rings. The monoisotopic (exact) mass is 482 g/mol. The summed E-state index contributed by atoms with van der Waals surface area (Å²) >= 11 is 0. The molecule has 1 aliphatic carbocycles. The zero-order valence-corrected chi connectivity index (χ0v) is 19.4. The maximum Gasteiger partial charge on any atom is 0.310 e. The van der Waals surface area contributed by atoms with Crippen molar-refractivity contribution >= 4 is 22.5 Å². The highest BCUT2D eigenvalue weighted by atomic mass is 19.3. The number of nitrogens with zero attached hydrogens (tertiary/aromatic N) is 3. The van der Waals surface area contributed by atoms with Crippen LogP contribution in [0.25, 0.3) is 11.0 Å². The number of aromatic nitrogens is 2. The zero-order valence-electron chi connectivity index (χ0n) is 19.4. The van der Waals surface area contributed by atoms with Crippen molar-refractivity contribution in [3.8, 4) is 5.88 Å². The van der Waals surface area contributed by atoms with Crippen LogP contribution in [0.4, 0.5) is 14.5 Å². The molecular weight excluding hydrogens is 454 g/mol. The Labute approximate surface area is 201 Å². The van der Waals surface area contributed by atoms with Crippen LogP contribution in [0.15, 0.2) is 47.3 Å². The molecule has 0 unspecified atom stereocenters. The second-order valence-electron chi connectivity index (χ2n) is 9.14. The molecule has 184 valence electrons. The summed E-state index contributed by atoms with van der Waals surface area (Å²) in [6.45, 7) is 4.47. The van der Waals surface area contributed by atoms with Gasteiger partial charge in [0.05, 0.1) is 12.2 Å². The fourth-order valence-electron chi connectivity index (χ4n) is 4.83. The van der Waals surface area contributed by atoms with Crippen molar-refractivity contribution in [3.05, 3.63) is 63.9 Å². The molecule has 1 aliphatic heterocycles. The van der Waals surface area contributed by atoms with E-state index in [1.54, 1.807) is 24.3 Å². The predicted octanol–water partition coefficient (Wildman–Crippen LogP) is 3.67. The largest absolute Gasteiger partial charge is 0.478 e. The lowest BCUT2D eigenvalue weighted by molar-refractivity contribution is 0.00208. The van der Waals surface area contributed by atoms with Crippen LogP contribution in [0.5, 0.6) is 5.88 Å². The molecule has 0 amide bonds. The fraction of sp³-hybridized carbons (Fsp3) is 0.423. The summed E-state index contributed by atoms with van der Waals surface area (Å²) in [7, 11) is 0. The number of piperazine rings is 1. The quantitative estimate of drug-likeness (QED) is 0.518. The van der Waals surface area contributed by atoms with Crippen LogP contribution in [0.3, 0.4) is 0 Å². The second kappa shape index (κ2) is 9.73. The van der Waals surface area contributed by atoms with Crippen molar-refractivity contribution in [3.63, 3.8) is 0 Å². The van der Waals surface area contributed by atoms with E-state index in [9.17, 15) is 18.4 Å². The van der Waals surface area contributed by atoms with E-state index >= 15 is 0 Å². The molecule has 0 spiro atoms. The maximum atomic E-state index is 14.1. The molecule has 35 heavy (non-hydrogen) atoms. The summed E-state index contributed by atoms with van der Waals surface area (Å²) < 4.78 is 33.9. The summed E-state index contributed by atoms with van der Waals surface area (Å²) in [6, 6.07) is 12.3. The van der Waals surface area contributed by atoms with Gasteiger partial charge in [-0.3, -0.25) is 14.5 Å². The first kappa shape index (κ1) is 23.4. The average molecular weight is 483 g/mol. The van der Waals surface area contributed by atoms with Gasteiger partial charge in [0.15, 0.2) is 0 Å². The number of ketones is 1. The number of pyridine rings is 2. The van der Waals surface area contributed by atoms with Crippen molar-refractivity contribution in [1.82, 2.24) is 14.9 Å². The van der Waals surface area contributed by atoms with Crippen LogP contribution in [0.2, 0.25) is 0 Å². The van der Waals surface area contributed by atoms with Crippen LogP contribution < -0.4 is 15.2 Å². The highest BCUT2D eigenvalue weighted by molar-refractivity contribution is 6.08. The van der Waals surface area contributed by atoms with Crippen LogP contribution in [0, 0.1) is 0 Å². The van der Waals surface area contributed by atoms with E-state index in [2.05, 4.69) is 19.8 Å². The SMILES string of the molecule is O=C1c2c(cccc2N2CCN(CCCCOc3ccc4ccc(=O)[nH]c4n3)CC2)CCC1(F)F. The normalized spacial score (nSPS) is 18.0. The van der Waals surface area contributed by atoms with Gasteiger partial charge < -0.3 is 14.6 Å². The van der Waals surface area contributed by atoms with Crippen LogP contribution in [-0.4, -0.2) is 65.9 Å². The molecule has 0 radical (unpaired) electrons. The summed E-state index contributed by atoms with van der Waals surface area (Å²) in [5.41, 5.74) is 1.90. The minimum absolute atomic E-state index is 0.195. The number of Topliss-reactive ketones (excluding diaryl/α,β-unsaturated/α-hetero) is 1. The van der Waals surface area contributed by atoms with Gasteiger partial charge in [-0.05, 0) is 49.6 Å². The Bertz CT molecular complexity index is 1290. The third-order valence-corrected chi connectivity index (χ3v) is 6.78. The van der Waals surface area contributed by atoms with Crippen LogP contribution in [-0.2, 0) is 6.42 Å². The Morgan fingerprint density at radius 3 is 2.63 bits per heavy atom. The van der Waals surface area contributed by atoms with Crippen LogP contribution >= 0.6 is 0 Å². The van der Waals surface area contributed by atoms with E-state index in [1.807, 2.05) is 12.1 Å². The third kappa shape index (κ3) is 5.05. The van der Waals surface area contributed by atoms with E-state index in [0.717, 1.165) is 43.4 Å². The molecule has 0 saturated carbocycles. The number of ether oxygens (including phenoxy) is 1. The first-order valence-electron chi connectivity index (χ1n) is 12.1. The number of aryl methyl sites for hydroxylation is 1. The number of unbranched alkanes of at least 4 members (excludes halogenated alkanes) is 1. The number of fused-ring (bicyclic) bond motifs is 2. The van der Waals surface area contributed by atoms with E-state index in [4.69, 9.17) is 4.74 Å². The second-order valence-corrected chi connectivity index (χ2v) is 9.14. The summed E-state index contributed by atoms with van der Waals surface area (Å²) in [4.78, 5) is 35.3. The molecule has 1 aromatic carbocycles. The number of carbonyl (C=O) groups excluding carboxylic acids is 1. The Hall–Kier alpha value is -3.33. The number of nitrogens with one attached hydrogen (secondary N) is 1. The highest BCUT2D eigenvalue weighted by Crippen LogP contribution is 2.38. The highest BCUT2D eigenvalue weighted by Gasteiger charge is 2.45. The number of hydrogen-bond acceptors (Lipinski definition) is 6. The zero-order chi connectivity index (χ0) is 24.4. The van der Waals surface area contributed by atoms with Crippen molar-refractivity contribution < 1.29 is 18.3 Å². The van der Waals surface area contributed by atoms with E-state index < -0.39 is 18.1 Å². The van der Waals surface area contributed by atoms with Gasteiger partial charge in [0.1, 0.15) is 5.65 Å². The molecule has 3 heterocycles. The number of rotatable bonds is 7. The van der Waals surface area contributed by atoms with Gasteiger partial charge in [0.25, 0.3) is 0 Å². The lowest BCUT2D eigenvalue weighted by Gasteiger charge is -2.38.